The van der Waals surface area contributed by atoms with Gasteiger partial charge in [0.15, 0.2) is 0 Å². The second-order valence-corrected chi connectivity index (χ2v) is 3.50. The number of hydrogen-bond acceptors (Lipinski definition) is 4. The molecule has 3 N–H and O–H groups in total. The normalized spacial score (nSPS) is 12.5. The van der Waals surface area contributed by atoms with E-state index >= 15 is 0 Å². The summed E-state index contributed by atoms with van der Waals surface area (Å²) in [5.74, 6) is 0.827. The summed E-state index contributed by atoms with van der Waals surface area (Å²) in [5.41, 5.74) is 6.90. The van der Waals surface area contributed by atoms with Crippen LogP contribution in [-0.4, -0.2) is 22.8 Å². The smallest absolute Gasteiger partial charge is 0.148 e. The van der Waals surface area contributed by atoms with Gasteiger partial charge in [-0.05, 0) is 31.4 Å². The van der Waals surface area contributed by atoms with Crippen molar-refractivity contribution in [3.63, 3.8) is 0 Å². The molecule has 0 fully saturated rings. The Hall–Kier alpha value is -1.16. The van der Waals surface area contributed by atoms with Gasteiger partial charge in [-0.1, -0.05) is 6.92 Å². The van der Waals surface area contributed by atoms with Crippen LogP contribution in [0, 0.1) is 6.92 Å². The molecule has 14 heavy (non-hydrogen) atoms. The number of aryl methyl sites for hydroxylation is 1. The lowest BCUT2D eigenvalue weighted by Gasteiger charge is -2.09. The van der Waals surface area contributed by atoms with Gasteiger partial charge in [-0.2, -0.15) is 5.10 Å². The van der Waals surface area contributed by atoms with Gasteiger partial charge in [0.25, 0.3) is 0 Å². The highest BCUT2D eigenvalue weighted by Gasteiger charge is 1.99. The zero-order chi connectivity index (χ0) is 10.4. The fraction of sp³-hybridized carbons (Fsp3) is 0.600. The van der Waals surface area contributed by atoms with E-state index in [1.54, 1.807) is 6.20 Å². The van der Waals surface area contributed by atoms with Crippen molar-refractivity contribution < 1.29 is 0 Å². The highest BCUT2D eigenvalue weighted by molar-refractivity contribution is 5.34. The van der Waals surface area contributed by atoms with Gasteiger partial charge in [0.2, 0.25) is 0 Å². The van der Waals surface area contributed by atoms with Gasteiger partial charge in [-0.3, -0.25) is 0 Å². The Morgan fingerprint density at radius 2 is 2.36 bits per heavy atom. The number of rotatable bonds is 5. The van der Waals surface area contributed by atoms with Crippen molar-refractivity contribution in [2.24, 2.45) is 5.73 Å². The lowest BCUT2D eigenvalue weighted by Crippen LogP contribution is -2.22. The molecule has 0 amide bonds. The van der Waals surface area contributed by atoms with Crippen LogP contribution in [0.15, 0.2) is 12.3 Å². The van der Waals surface area contributed by atoms with Gasteiger partial charge in [-0.15, -0.1) is 5.10 Å². The van der Waals surface area contributed by atoms with Gasteiger partial charge < -0.3 is 11.1 Å². The summed E-state index contributed by atoms with van der Waals surface area (Å²) < 4.78 is 0. The van der Waals surface area contributed by atoms with Crippen LogP contribution in [0.2, 0.25) is 0 Å². The summed E-state index contributed by atoms with van der Waals surface area (Å²) in [5, 5.41) is 11.0. The predicted octanol–water partition coefficient (Wildman–Crippen LogP) is 1.32. The van der Waals surface area contributed by atoms with Crippen LogP contribution in [0.25, 0.3) is 0 Å². The summed E-state index contributed by atoms with van der Waals surface area (Å²) in [7, 11) is 0. The highest BCUT2D eigenvalue weighted by atomic mass is 15.2. The van der Waals surface area contributed by atoms with Gasteiger partial charge >= 0.3 is 0 Å². The Labute approximate surface area is 84.9 Å². The topological polar surface area (TPSA) is 63.8 Å². The van der Waals surface area contributed by atoms with Crippen LogP contribution in [0.3, 0.4) is 0 Å². The largest absolute Gasteiger partial charge is 0.369 e. The molecule has 0 aromatic carbocycles. The minimum atomic E-state index is 0.278. The maximum Gasteiger partial charge on any atom is 0.148 e. The first-order valence-corrected chi connectivity index (χ1v) is 5.01. The molecule has 78 valence electrons. The van der Waals surface area contributed by atoms with Crippen molar-refractivity contribution in [2.75, 3.05) is 11.9 Å². The van der Waals surface area contributed by atoms with E-state index in [1.807, 2.05) is 13.0 Å². The summed E-state index contributed by atoms with van der Waals surface area (Å²) in [4.78, 5) is 0. The van der Waals surface area contributed by atoms with Gasteiger partial charge in [-0.25, -0.2) is 0 Å². The summed E-state index contributed by atoms with van der Waals surface area (Å²) in [6, 6.07) is 2.25. The molecule has 1 heterocycles. The Kier molecular flexibility index (Phi) is 4.32. The Morgan fingerprint density at radius 1 is 1.57 bits per heavy atom. The molecule has 0 aliphatic heterocycles. The van der Waals surface area contributed by atoms with E-state index in [4.69, 9.17) is 5.73 Å². The van der Waals surface area contributed by atoms with Crippen molar-refractivity contribution in [1.82, 2.24) is 10.2 Å². The van der Waals surface area contributed by atoms with Crippen molar-refractivity contribution in [3.05, 3.63) is 17.8 Å². The van der Waals surface area contributed by atoms with Crippen LogP contribution in [0.1, 0.15) is 25.3 Å². The van der Waals surface area contributed by atoms with Gasteiger partial charge in [0.05, 0.1) is 6.20 Å². The molecule has 0 bridgehead atoms. The quantitative estimate of drug-likeness (QED) is 0.742. The maximum atomic E-state index is 5.79. The first-order chi connectivity index (χ1) is 6.72. The molecular formula is C10H18N4. The van der Waals surface area contributed by atoms with E-state index in [1.165, 1.54) is 0 Å². The van der Waals surface area contributed by atoms with Crippen molar-refractivity contribution in [2.45, 2.75) is 32.7 Å². The van der Waals surface area contributed by atoms with Crippen LogP contribution < -0.4 is 11.1 Å². The zero-order valence-corrected chi connectivity index (χ0v) is 8.83. The molecule has 0 radical (unpaired) electrons. The molecule has 1 unspecified atom stereocenters. The first-order valence-electron chi connectivity index (χ1n) is 5.01. The number of aromatic nitrogens is 2. The van der Waals surface area contributed by atoms with Crippen LogP contribution in [-0.2, 0) is 0 Å². The third-order valence-corrected chi connectivity index (χ3v) is 2.14. The fourth-order valence-electron chi connectivity index (χ4n) is 1.14. The second kappa shape index (κ2) is 5.54. The highest BCUT2D eigenvalue weighted by Crippen LogP contribution is 2.03. The Bertz CT molecular complexity index is 275. The summed E-state index contributed by atoms with van der Waals surface area (Å²) in [6.45, 7) is 4.95. The molecule has 4 heteroatoms. The molecule has 0 saturated heterocycles. The Morgan fingerprint density at radius 3 is 3.00 bits per heavy atom. The molecule has 0 aliphatic rings. The summed E-state index contributed by atoms with van der Waals surface area (Å²) >= 11 is 0. The SMILES string of the molecule is CCC(N)CCNc1cc(C)cnn1. The van der Waals surface area contributed by atoms with E-state index in [2.05, 4.69) is 22.4 Å². The predicted molar refractivity (Wildman–Crippen MR) is 58.1 cm³/mol. The minimum absolute atomic E-state index is 0.278. The molecule has 1 atom stereocenters. The number of nitrogens with one attached hydrogen (secondary N) is 1. The molecule has 0 aliphatic carbocycles. The zero-order valence-electron chi connectivity index (χ0n) is 8.83. The molecular weight excluding hydrogens is 176 g/mol. The second-order valence-electron chi connectivity index (χ2n) is 3.50. The molecule has 0 saturated carbocycles. The first kappa shape index (κ1) is 10.9. The number of hydrogen-bond donors (Lipinski definition) is 2. The Balaban J connectivity index is 2.31. The molecule has 1 aromatic heterocycles. The molecule has 1 rings (SSSR count). The van der Waals surface area contributed by atoms with Crippen molar-refractivity contribution >= 4 is 5.82 Å². The average Bonchev–Trinajstić information content (AvgIpc) is 2.17. The van der Waals surface area contributed by atoms with Crippen molar-refractivity contribution in [1.29, 1.82) is 0 Å². The maximum absolute atomic E-state index is 5.79. The number of anilines is 1. The van der Waals surface area contributed by atoms with E-state index in [0.717, 1.165) is 30.8 Å². The van der Waals surface area contributed by atoms with Crippen LogP contribution in [0.5, 0.6) is 0 Å². The standard InChI is InChI=1S/C10H18N4/c1-3-9(11)4-5-12-10-6-8(2)7-13-14-10/h6-7,9H,3-5,11H2,1-2H3,(H,12,14). The third-order valence-electron chi connectivity index (χ3n) is 2.14. The molecule has 1 aromatic rings. The number of nitrogens with zero attached hydrogens (tertiary/aromatic N) is 2. The minimum Gasteiger partial charge on any atom is -0.369 e. The monoisotopic (exact) mass is 194 g/mol. The van der Waals surface area contributed by atoms with Crippen LogP contribution >= 0.6 is 0 Å². The van der Waals surface area contributed by atoms with E-state index < -0.39 is 0 Å². The number of nitrogens with two attached hydrogens (primary N) is 1. The average molecular weight is 194 g/mol. The summed E-state index contributed by atoms with van der Waals surface area (Å²) in [6.07, 6.45) is 3.72. The third kappa shape index (κ3) is 3.70. The molecule has 0 spiro atoms. The van der Waals surface area contributed by atoms with E-state index in [9.17, 15) is 0 Å². The van der Waals surface area contributed by atoms with Crippen molar-refractivity contribution in [3.8, 4) is 0 Å². The van der Waals surface area contributed by atoms with Gasteiger partial charge in [0, 0.05) is 12.6 Å². The lowest BCUT2D eigenvalue weighted by molar-refractivity contribution is 0.612. The van der Waals surface area contributed by atoms with Gasteiger partial charge in [0.1, 0.15) is 5.82 Å². The van der Waals surface area contributed by atoms with E-state index in [0.29, 0.717) is 0 Å². The van der Waals surface area contributed by atoms with E-state index in [-0.39, 0.29) is 6.04 Å². The fourth-order valence-corrected chi connectivity index (χ4v) is 1.14. The molecule has 4 nitrogen and oxygen atoms in total. The lowest BCUT2D eigenvalue weighted by atomic mass is 10.2. The van der Waals surface area contributed by atoms with Crippen LogP contribution in [0.4, 0.5) is 5.82 Å².